The Hall–Kier alpha value is -2.24. The van der Waals surface area contributed by atoms with Crippen molar-refractivity contribution in [3.05, 3.63) is 35.1 Å². The maximum Gasteiger partial charge on any atom is 0.265 e. The third-order valence-corrected chi connectivity index (χ3v) is 2.70. The predicted molar refractivity (Wildman–Crippen MR) is 65.0 cm³/mol. The van der Waals surface area contributed by atoms with E-state index < -0.39 is 30.1 Å². The molecule has 1 N–H and O–H groups in total. The molecule has 0 aliphatic carbocycles. The molecule has 0 spiro atoms. The number of rotatable bonds is 3. The van der Waals surface area contributed by atoms with Crippen molar-refractivity contribution in [1.29, 1.82) is 0 Å². The molecule has 0 bridgehead atoms. The Kier molecular flexibility index (Phi) is 3.33. The Morgan fingerprint density at radius 2 is 2.00 bits per heavy atom. The zero-order valence-electron chi connectivity index (χ0n) is 10.6. The van der Waals surface area contributed by atoms with Gasteiger partial charge in [0.2, 0.25) is 5.91 Å². The summed E-state index contributed by atoms with van der Waals surface area (Å²) in [5, 5.41) is 2.57. The van der Waals surface area contributed by atoms with E-state index in [9.17, 15) is 18.8 Å². The highest BCUT2D eigenvalue weighted by atomic mass is 19.1. The van der Waals surface area contributed by atoms with Gasteiger partial charge in [0, 0.05) is 6.04 Å². The van der Waals surface area contributed by atoms with Gasteiger partial charge in [-0.3, -0.25) is 19.3 Å². The van der Waals surface area contributed by atoms with E-state index in [4.69, 9.17) is 0 Å². The minimum Gasteiger partial charge on any atom is -0.352 e. The largest absolute Gasteiger partial charge is 0.352 e. The molecule has 100 valence electrons. The number of carbonyl (C=O) groups excluding carboxylic acids is 3. The fourth-order valence-electron chi connectivity index (χ4n) is 1.95. The van der Waals surface area contributed by atoms with Gasteiger partial charge in [-0.25, -0.2) is 4.39 Å². The van der Waals surface area contributed by atoms with Gasteiger partial charge in [-0.05, 0) is 26.0 Å². The summed E-state index contributed by atoms with van der Waals surface area (Å²) in [6, 6.07) is 3.75. The van der Waals surface area contributed by atoms with Crippen molar-refractivity contribution in [2.75, 3.05) is 6.54 Å². The number of halogens is 1. The third-order valence-electron chi connectivity index (χ3n) is 2.70. The van der Waals surface area contributed by atoms with Crippen LogP contribution in [0.4, 0.5) is 4.39 Å². The SMILES string of the molecule is CC(C)NC(=O)CN1C(=O)c2cccc(F)c2C1=O. The van der Waals surface area contributed by atoms with E-state index in [1.165, 1.54) is 12.1 Å². The summed E-state index contributed by atoms with van der Waals surface area (Å²) in [6.45, 7) is 3.13. The fraction of sp³-hybridized carbons (Fsp3) is 0.308. The Morgan fingerprint density at radius 1 is 1.32 bits per heavy atom. The van der Waals surface area contributed by atoms with Gasteiger partial charge >= 0.3 is 0 Å². The van der Waals surface area contributed by atoms with Gasteiger partial charge in [0.15, 0.2) is 0 Å². The number of benzene rings is 1. The second-order valence-electron chi connectivity index (χ2n) is 4.58. The molecule has 1 heterocycles. The van der Waals surface area contributed by atoms with Crippen molar-refractivity contribution < 1.29 is 18.8 Å². The summed E-state index contributed by atoms with van der Waals surface area (Å²) >= 11 is 0. The molecule has 0 atom stereocenters. The first-order chi connectivity index (χ1) is 8.91. The molecule has 0 saturated heterocycles. The van der Waals surface area contributed by atoms with E-state index in [1.54, 1.807) is 13.8 Å². The summed E-state index contributed by atoms with van der Waals surface area (Å²) in [5.74, 6) is -2.61. The highest BCUT2D eigenvalue weighted by Crippen LogP contribution is 2.24. The third kappa shape index (κ3) is 2.33. The monoisotopic (exact) mass is 264 g/mol. The smallest absolute Gasteiger partial charge is 0.265 e. The molecule has 2 rings (SSSR count). The average molecular weight is 264 g/mol. The Balaban J connectivity index is 2.23. The lowest BCUT2D eigenvalue weighted by Gasteiger charge is -2.14. The lowest BCUT2D eigenvalue weighted by atomic mass is 10.1. The van der Waals surface area contributed by atoms with Crippen molar-refractivity contribution in [2.24, 2.45) is 0 Å². The van der Waals surface area contributed by atoms with Gasteiger partial charge in [0.25, 0.3) is 11.8 Å². The van der Waals surface area contributed by atoms with Crippen LogP contribution in [-0.4, -0.2) is 35.2 Å². The fourth-order valence-corrected chi connectivity index (χ4v) is 1.95. The quantitative estimate of drug-likeness (QED) is 0.826. The first-order valence-electron chi connectivity index (χ1n) is 5.86. The number of carbonyl (C=O) groups is 3. The van der Waals surface area contributed by atoms with Crippen LogP contribution in [0.25, 0.3) is 0 Å². The molecule has 3 amide bonds. The van der Waals surface area contributed by atoms with Gasteiger partial charge < -0.3 is 5.32 Å². The van der Waals surface area contributed by atoms with Crippen LogP contribution in [0.5, 0.6) is 0 Å². The van der Waals surface area contributed by atoms with Gasteiger partial charge in [0.05, 0.1) is 11.1 Å². The van der Waals surface area contributed by atoms with E-state index in [-0.39, 0.29) is 17.2 Å². The zero-order chi connectivity index (χ0) is 14.2. The summed E-state index contributed by atoms with van der Waals surface area (Å²) < 4.78 is 13.5. The minimum atomic E-state index is -0.767. The van der Waals surface area contributed by atoms with Crippen LogP contribution < -0.4 is 5.32 Å². The average Bonchev–Trinajstić information content (AvgIpc) is 2.54. The summed E-state index contributed by atoms with van der Waals surface area (Å²) in [6.07, 6.45) is 0. The molecular weight excluding hydrogens is 251 g/mol. The second kappa shape index (κ2) is 4.79. The van der Waals surface area contributed by atoms with Crippen LogP contribution in [0.2, 0.25) is 0 Å². The molecule has 5 nitrogen and oxygen atoms in total. The minimum absolute atomic E-state index is 0.00217. The lowest BCUT2D eigenvalue weighted by Crippen LogP contribution is -2.42. The molecular formula is C13H13FN2O3. The normalized spacial score (nSPS) is 14.0. The van der Waals surface area contributed by atoms with Gasteiger partial charge in [-0.15, -0.1) is 0 Å². The lowest BCUT2D eigenvalue weighted by molar-refractivity contribution is -0.121. The zero-order valence-corrected chi connectivity index (χ0v) is 10.6. The molecule has 0 saturated carbocycles. The maximum absolute atomic E-state index is 13.5. The number of nitrogens with zero attached hydrogens (tertiary/aromatic N) is 1. The Bertz CT molecular complexity index is 569. The number of hydrogen-bond acceptors (Lipinski definition) is 3. The van der Waals surface area contributed by atoms with E-state index in [1.807, 2.05) is 0 Å². The number of fused-ring (bicyclic) bond motifs is 1. The summed E-state index contributed by atoms with van der Waals surface area (Å²) in [4.78, 5) is 36.2. The highest BCUT2D eigenvalue weighted by Gasteiger charge is 2.38. The van der Waals surface area contributed by atoms with Crippen molar-refractivity contribution in [3.8, 4) is 0 Å². The van der Waals surface area contributed by atoms with Crippen LogP contribution >= 0.6 is 0 Å². The van der Waals surface area contributed by atoms with Gasteiger partial charge in [0.1, 0.15) is 12.4 Å². The van der Waals surface area contributed by atoms with Crippen molar-refractivity contribution in [1.82, 2.24) is 10.2 Å². The first kappa shape index (κ1) is 13.2. The van der Waals surface area contributed by atoms with Gasteiger partial charge in [-0.2, -0.15) is 0 Å². The van der Waals surface area contributed by atoms with Crippen LogP contribution in [0.15, 0.2) is 18.2 Å². The van der Waals surface area contributed by atoms with E-state index in [0.717, 1.165) is 11.0 Å². The first-order valence-corrected chi connectivity index (χ1v) is 5.86. The van der Waals surface area contributed by atoms with Crippen LogP contribution in [-0.2, 0) is 4.79 Å². The standard InChI is InChI=1S/C13H13FN2O3/c1-7(2)15-10(17)6-16-12(18)8-4-3-5-9(14)11(8)13(16)19/h3-5,7H,6H2,1-2H3,(H,15,17). The molecule has 1 aliphatic heterocycles. The van der Waals surface area contributed by atoms with E-state index in [0.29, 0.717) is 0 Å². The molecule has 0 fully saturated rings. The molecule has 0 aromatic heterocycles. The molecule has 1 aromatic carbocycles. The van der Waals surface area contributed by atoms with E-state index in [2.05, 4.69) is 5.32 Å². The molecule has 0 unspecified atom stereocenters. The molecule has 0 radical (unpaired) electrons. The van der Waals surface area contributed by atoms with Crippen molar-refractivity contribution in [3.63, 3.8) is 0 Å². The second-order valence-corrected chi connectivity index (χ2v) is 4.58. The van der Waals surface area contributed by atoms with Crippen molar-refractivity contribution in [2.45, 2.75) is 19.9 Å². The van der Waals surface area contributed by atoms with Crippen LogP contribution in [0.1, 0.15) is 34.6 Å². The Labute approximate surface area is 109 Å². The summed E-state index contributed by atoms with van der Waals surface area (Å²) in [7, 11) is 0. The number of imide groups is 1. The topological polar surface area (TPSA) is 66.5 Å². The van der Waals surface area contributed by atoms with Crippen molar-refractivity contribution >= 4 is 17.7 Å². The number of amides is 3. The Morgan fingerprint density at radius 3 is 2.58 bits per heavy atom. The highest BCUT2D eigenvalue weighted by molar-refractivity contribution is 6.22. The maximum atomic E-state index is 13.5. The van der Waals surface area contributed by atoms with Gasteiger partial charge in [-0.1, -0.05) is 6.07 Å². The van der Waals surface area contributed by atoms with Crippen LogP contribution in [0.3, 0.4) is 0 Å². The summed E-state index contributed by atoms with van der Waals surface area (Å²) in [5.41, 5.74) is -0.257. The number of nitrogens with one attached hydrogen (secondary N) is 1. The predicted octanol–water partition coefficient (Wildman–Crippen LogP) is 0.946. The molecule has 6 heteroatoms. The number of hydrogen-bond donors (Lipinski definition) is 1. The molecule has 1 aromatic rings. The van der Waals surface area contributed by atoms with E-state index >= 15 is 0 Å². The molecule has 19 heavy (non-hydrogen) atoms. The van der Waals surface area contributed by atoms with Crippen LogP contribution in [0, 0.1) is 5.82 Å². The molecule has 1 aliphatic rings.